The topological polar surface area (TPSA) is 29.1 Å². The molecule has 0 bridgehead atoms. The average molecular weight is 347 g/mol. The van der Waals surface area contributed by atoms with E-state index >= 15 is 0 Å². The Labute approximate surface area is 153 Å². The Morgan fingerprint density at radius 1 is 0.808 bits per heavy atom. The minimum atomic E-state index is -0.349. The van der Waals surface area contributed by atoms with Crippen molar-refractivity contribution >= 4 is 5.91 Å². The van der Waals surface area contributed by atoms with Crippen LogP contribution in [0.1, 0.15) is 35.4 Å². The molecule has 1 unspecified atom stereocenters. The van der Waals surface area contributed by atoms with Crippen LogP contribution in [0.2, 0.25) is 0 Å². The van der Waals surface area contributed by atoms with Crippen LogP contribution in [-0.4, -0.2) is 12.5 Å². The molecule has 0 saturated carbocycles. The quantitative estimate of drug-likeness (QED) is 0.677. The fourth-order valence-corrected chi connectivity index (χ4v) is 3.05. The number of amides is 1. The monoisotopic (exact) mass is 347 g/mol. The summed E-state index contributed by atoms with van der Waals surface area (Å²) >= 11 is 0. The molecular weight excluding hydrogens is 325 g/mol. The van der Waals surface area contributed by atoms with Crippen LogP contribution >= 0.6 is 0 Å². The van der Waals surface area contributed by atoms with E-state index in [0.29, 0.717) is 6.54 Å². The van der Waals surface area contributed by atoms with Gasteiger partial charge in [0.15, 0.2) is 0 Å². The molecule has 0 radical (unpaired) electrons. The average Bonchev–Trinajstić information content (AvgIpc) is 2.68. The number of hydrogen-bond acceptors (Lipinski definition) is 1. The molecular formula is C23H22FNO. The van der Waals surface area contributed by atoms with Gasteiger partial charge in [-0.05, 0) is 34.7 Å². The number of rotatable bonds is 6. The van der Waals surface area contributed by atoms with Crippen LogP contribution < -0.4 is 5.32 Å². The van der Waals surface area contributed by atoms with Crippen LogP contribution in [0.4, 0.5) is 4.39 Å². The predicted octanol–water partition coefficient (Wildman–Crippen LogP) is 4.88. The zero-order valence-corrected chi connectivity index (χ0v) is 14.7. The zero-order chi connectivity index (χ0) is 18.4. The summed E-state index contributed by atoms with van der Waals surface area (Å²) in [5.41, 5.74) is 2.93. The summed E-state index contributed by atoms with van der Waals surface area (Å²) in [7, 11) is 0. The Morgan fingerprint density at radius 3 is 1.81 bits per heavy atom. The summed E-state index contributed by atoms with van der Waals surface area (Å²) in [5, 5.41) is 3.06. The Morgan fingerprint density at radius 2 is 1.31 bits per heavy atom. The summed E-state index contributed by atoms with van der Waals surface area (Å²) in [6.45, 7) is 2.52. The van der Waals surface area contributed by atoms with Crippen molar-refractivity contribution in [2.45, 2.75) is 18.8 Å². The molecule has 1 amide bonds. The van der Waals surface area contributed by atoms with Gasteiger partial charge in [-0.2, -0.15) is 0 Å². The van der Waals surface area contributed by atoms with Crippen LogP contribution in [-0.2, 0) is 4.79 Å². The maximum atomic E-state index is 13.1. The maximum absolute atomic E-state index is 13.1. The van der Waals surface area contributed by atoms with E-state index in [1.165, 1.54) is 12.1 Å². The van der Waals surface area contributed by atoms with Gasteiger partial charge in [-0.25, -0.2) is 4.39 Å². The number of carbonyl (C=O) groups is 1. The van der Waals surface area contributed by atoms with Crippen molar-refractivity contribution in [3.63, 3.8) is 0 Å². The van der Waals surface area contributed by atoms with Crippen molar-refractivity contribution in [1.82, 2.24) is 5.32 Å². The number of halogens is 1. The molecule has 0 fully saturated rings. The second-order valence-corrected chi connectivity index (χ2v) is 6.45. The molecule has 3 aromatic rings. The standard InChI is InChI=1S/C23H22FNO/c1-17(18-12-14-21(24)15-13-18)16-25-23(26)22(19-8-4-2-5-9-19)20-10-6-3-7-11-20/h2-15,17,22H,16H2,1H3,(H,25,26). The van der Waals surface area contributed by atoms with Crippen LogP contribution in [0.25, 0.3) is 0 Å². The highest BCUT2D eigenvalue weighted by molar-refractivity contribution is 5.87. The van der Waals surface area contributed by atoms with Gasteiger partial charge in [0.1, 0.15) is 5.82 Å². The van der Waals surface area contributed by atoms with Gasteiger partial charge in [0.25, 0.3) is 0 Å². The summed E-state index contributed by atoms with van der Waals surface area (Å²) in [6, 6.07) is 26.0. The fraction of sp³-hybridized carbons (Fsp3) is 0.174. The minimum absolute atomic E-state index is 0.0311. The van der Waals surface area contributed by atoms with Gasteiger partial charge in [-0.15, -0.1) is 0 Å². The van der Waals surface area contributed by atoms with Gasteiger partial charge in [0.2, 0.25) is 5.91 Å². The predicted molar refractivity (Wildman–Crippen MR) is 103 cm³/mol. The number of nitrogens with one attached hydrogen (secondary N) is 1. The number of hydrogen-bond donors (Lipinski definition) is 1. The van der Waals surface area contributed by atoms with Gasteiger partial charge in [-0.1, -0.05) is 79.7 Å². The van der Waals surface area contributed by atoms with E-state index in [2.05, 4.69) is 5.32 Å². The van der Waals surface area contributed by atoms with E-state index in [1.54, 1.807) is 12.1 Å². The molecule has 132 valence electrons. The van der Waals surface area contributed by atoms with Crippen molar-refractivity contribution in [3.05, 3.63) is 107 Å². The largest absolute Gasteiger partial charge is 0.355 e. The first-order valence-electron chi connectivity index (χ1n) is 8.78. The third-order valence-corrected chi connectivity index (χ3v) is 4.55. The summed E-state index contributed by atoms with van der Waals surface area (Å²) < 4.78 is 13.1. The van der Waals surface area contributed by atoms with Gasteiger partial charge < -0.3 is 5.32 Å². The second-order valence-electron chi connectivity index (χ2n) is 6.45. The van der Waals surface area contributed by atoms with Crippen molar-refractivity contribution in [3.8, 4) is 0 Å². The molecule has 0 aliphatic rings. The van der Waals surface area contributed by atoms with Crippen LogP contribution in [0.5, 0.6) is 0 Å². The van der Waals surface area contributed by atoms with Crippen LogP contribution in [0.15, 0.2) is 84.9 Å². The van der Waals surface area contributed by atoms with Crippen molar-refractivity contribution in [2.75, 3.05) is 6.54 Å². The molecule has 3 rings (SSSR count). The Kier molecular flexibility index (Phi) is 5.80. The molecule has 1 atom stereocenters. The van der Waals surface area contributed by atoms with Crippen molar-refractivity contribution in [1.29, 1.82) is 0 Å². The van der Waals surface area contributed by atoms with Crippen molar-refractivity contribution in [2.24, 2.45) is 0 Å². The summed E-state index contributed by atoms with van der Waals surface area (Å²) in [5.74, 6) is -0.529. The number of carbonyl (C=O) groups excluding carboxylic acids is 1. The SMILES string of the molecule is CC(CNC(=O)C(c1ccccc1)c1ccccc1)c1ccc(F)cc1. The zero-order valence-electron chi connectivity index (χ0n) is 14.7. The maximum Gasteiger partial charge on any atom is 0.232 e. The van der Waals surface area contributed by atoms with Crippen molar-refractivity contribution < 1.29 is 9.18 Å². The Balaban J connectivity index is 1.75. The Bertz CT molecular complexity index is 792. The summed E-state index contributed by atoms with van der Waals surface area (Å²) in [4.78, 5) is 13.0. The van der Waals surface area contributed by atoms with Crippen LogP contribution in [0, 0.1) is 5.82 Å². The molecule has 0 aromatic heterocycles. The first kappa shape index (κ1) is 17.9. The minimum Gasteiger partial charge on any atom is -0.355 e. The lowest BCUT2D eigenvalue weighted by atomic mass is 9.90. The van der Waals surface area contributed by atoms with E-state index in [1.807, 2.05) is 67.6 Å². The molecule has 1 N–H and O–H groups in total. The number of benzene rings is 3. The van der Waals surface area contributed by atoms with Gasteiger partial charge in [-0.3, -0.25) is 4.79 Å². The summed E-state index contributed by atoms with van der Waals surface area (Å²) in [6.07, 6.45) is 0. The molecule has 0 aliphatic carbocycles. The lowest BCUT2D eigenvalue weighted by Crippen LogP contribution is -2.32. The third-order valence-electron chi connectivity index (χ3n) is 4.55. The highest BCUT2D eigenvalue weighted by atomic mass is 19.1. The Hall–Kier alpha value is -2.94. The molecule has 0 spiro atoms. The molecule has 26 heavy (non-hydrogen) atoms. The second kappa shape index (κ2) is 8.43. The normalized spacial score (nSPS) is 12.0. The highest BCUT2D eigenvalue weighted by Crippen LogP contribution is 2.25. The van der Waals surface area contributed by atoms with E-state index in [0.717, 1.165) is 16.7 Å². The molecule has 0 heterocycles. The highest BCUT2D eigenvalue weighted by Gasteiger charge is 2.22. The van der Waals surface area contributed by atoms with Crippen LogP contribution in [0.3, 0.4) is 0 Å². The van der Waals surface area contributed by atoms with E-state index in [4.69, 9.17) is 0 Å². The smallest absolute Gasteiger partial charge is 0.232 e. The van der Waals surface area contributed by atoms with E-state index < -0.39 is 0 Å². The molecule has 0 aliphatic heterocycles. The fourth-order valence-electron chi connectivity index (χ4n) is 3.05. The van der Waals surface area contributed by atoms with Gasteiger partial charge in [0.05, 0.1) is 5.92 Å². The first-order chi connectivity index (χ1) is 12.6. The molecule has 3 heteroatoms. The molecule has 0 saturated heterocycles. The lowest BCUT2D eigenvalue weighted by Gasteiger charge is -2.20. The van der Waals surface area contributed by atoms with Gasteiger partial charge in [0, 0.05) is 6.54 Å². The van der Waals surface area contributed by atoms with E-state index in [9.17, 15) is 9.18 Å². The van der Waals surface area contributed by atoms with E-state index in [-0.39, 0.29) is 23.6 Å². The molecule has 2 nitrogen and oxygen atoms in total. The molecule has 3 aromatic carbocycles. The lowest BCUT2D eigenvalue weighted by molar-refractivity contribution is -0.121. The first-order valence-corrected chi connectivity index (χ1v) is 8.78. The van der Waals surface area contributed by atoms with Gasteiger partial charge >= 0.3 is 0 Å². The third kappa shape index (κ3) is 4.37.